The first-order chi connectivity index (χ1) is 8.69. The summed E-state index contributed by atoms with van der Waals surface area (Å²) in [7, 11) is 0. The van der Waals surface area contributed by atoms with Crippen LogP contribution in [0.4, 0.5) is 5.69 Å². The molecular weight excluding hydrogens is 332 g/mol. The molecule has 0 amide bonds. The van der Waals surface area contributed by atoms with Crippen molar-refractivity contribution in [2.45, 2.75) is 13.0 Å². The molecule has 0 bridgehead atoms. The minimum Gasteiger partial charge on any atom is -0.380 e. The van der Waals surface area contributed by atoms with E-state index in [-0.39, 0.29) is 0 Å². The molecule has 0 aliphatic heterocycles. The first-order valence-corrected chi connectivity index (χ1v) is 7.31. The van der Waals surface area contributed by atoms with Gasteiger partial charge in [-0.1, -0.05) is 23.7 Å². The summed E-state index contributed by atoms with van der Waals surface area (Å²) in [4.78, 5) is 1.17. The molecule has 2 aromatic rings. The summed E-state index contributed by atoms with van der Waals surface area (Å²) in [6.07, 6.45) is 0.452. The second kappa shape index (κ2) is 6.24. The highest BCUT2D eigenvalue weighted by molar-refractivity contribution is 9.10. The van der Waals surface area contributed by atoms with Crippen molar-refractivity contribution in [1.82, 2.24) is 0 Å². The van der Waals surface area contributed by atoms with E-state index in [1.807, 2.05) is 30.3 Å². The van der Waals surface area contributed by atoms with Crippen molar-refractivity contribution in [3.63, 3.8) is 0 Å². The molecule has 1 aromatic carbocycles. The molecule has 0 saturated heterocycles. The van der Waals surface area contributed by atoms with Crippen molar-refractivity contribution >= 4 is 44.6 Å². The zero-order chi connectivity index (χ0) is 13.0. The molecule has 2 nitrogen and oxygen atoms in total. The second-order valence-electron chi connectivity index (χ2n) is 3.72. The van der Waals surface area contributed by atoms with Crippen molar-refractivity contribution in [2.24, 2.45) is 0 Å². The molecule has 0 spiro atoms. The Labute approximate surface area is 123 Å². The van der Waals surface area contributed by atoms with Crippen molar-refractivity contribution in [2.75, 3.05) is 5.32 Å². The summed E-state index contributed by atoms with van der Waals surface area (Å²) in [5.74, 6) is 0. The Bertz CT molecular complexity index is 552. The number of halogens is 2. The fourth-order valence-electron chi connectivity index (χ4n) is 1.50. The lowest BCUT2D eigenvalue weighted by Crippen LogP contribution is -1.97. The number of benzene rings is 1. The summed E-state index contributed by atoms with van der Waals surface area (Å²) in [5.41, 5.74) is 2.07. The topological polar surface area (TPSA) is 35.8 Å². The van der Waals surface area contributed by atoms with Crippen LogP contribution in [0.25, 0.3) is 0 Å². The predicted molar refractivity (Wildman–Crippen MR) is 80.1 cm³/mol. The lowest BCUT2D eigenvalue weighted by Gasteiger charge is -2.05. The third kappa shape index (κ3) is 3.49. The van der Waals surface area contributed by atoms with E-state index in [2.05, 4.69) is 27.3 Å². The van der Waals surface area contributed by atoms with Gasteiger partial charge in [-0.05, 0) is 39.7 Å². The van der Waals surface area contributed by atoms with Gasteiger partial charge in [0, 0.05) is 21.6 Å². The van der Waals surface area contributed by atoms with E-state index in [0.29, 0.717) is 6.42 Å². The minimum atomic E-state index is 0.452. The SMILES string of the molecule is N#CCc1ccc(NCc2cc(Br)c(Cl)s2)cc1. The van der Waals surface area contributed by atoms with Gasteiger partial charge in [-0.3, -0.25) is 0 Å². The summed E-state index contributed by atoms with van der Waals surface area (Å²) in [6, 6.07) is 12.0. The van der Waals surface area contributed by atoms with Crippen LogP contribution >= 0.6 is 38.9 Å². The van der Waals surface area contributed by atoms with E-state index in [4.69, 9.17) is 16.9 Å². The number of nitrogens with zero attached hydrogens (tertiary/aromatic N) is 1. The highest BCUT2D eigenvalue weighted by Gasteiger charge is 2.04. The van der Waals surface area contributed by atoms with Crippen molar-refractivity contribution in [1.29, 1.82) is 5.26 Å². The third-order valence-electron chi connectivity index (χ3n) is 2.40. The van der Waals surface area contributed by atoms with Gasteiger partial charge in [-0.25, -0.2) is 0 Å². The van der Waals surface area contributed by atoms with Gasteiger partial charge in [0.15, 0.2) is 0 Å². The molecule has 1 heterocycles. The van der Waals surface area contributed by atoms with Crippen molar-refractivity contribution in [3.05, 3.63) is 49.6 Å². The summed E-state index contributed by atoms with van der Waals surface area (Å²) in [6.45, 7) is 0.744. The highest BCUT2D eigenvalue weighted by Crippen LogP contribution is 2.32. The molecule has 92 valence electrons. The van der Waals surface area contributed by atoms with Gasteiger partial charge < -0.3 is 5.32 Å². The Morgan fingerprint density at radius 3 is 2.61 bits per heavy atom. The number of hydrogen-bond donors (Lipinski definition) is 1. The molecule has 0 saturated carbocycles. The van der Waals surface area contributed by atoms with Crippen LogP contribution in [0.2, 0.25) is 4.34 Å². The normalized spacial score (nSPS) is 10.1. The molecule has 2 rings (SSSR count). The molecule has 0 fully saturated rings. The Balaban J connectivity index is 1.96. The lowest BCUT2D eigenvalue weighted by atomic mass is 10.1. The van der Waals surface area contributed by atoms with Crippen LogP contribution < -0.4 is 5.32 Å². The van der Waals surface area contributed by atoms with Gasteiger partial charge in [0.05, 0.1) is 12.5 Å². The van der Waals surface area contributed by atoms with E-state index < -0.39 is 0 Å². The molecule has 0 aliphatic carbocycles. The number of rotatable bonds is 4. The summed E-state index contributed by atoms with van der Waals surface area (Å²) < 4.78 is 1.71. The molecule has 1 N–H and O–H groups in total. The highest BCUT2D eigenvalue weighted by atomic mass is 79.9. The third-order valence-corrected chi connectivity index (χ3v) is 4.87. The van der Waals surface area contributed by atoms with Crippen LogP contribution in [-0.2, 0) is 13.0 Å². The van der Waals surface area contributed by atoms with E-state index in [0.717, 1.165) is 26.6 Å². The molecule has 18 heavy (non-hydrogen) atoms. The van der Waals surface area contributed by atoms with Crippen LogP contribution in [0.5, 0.6) is 0 Å². The maximum Gasteiger partial charge on any atom is 0.107 e. The van der Waals surface area contributed by atoms with E-state index >= 15 is 0 Å². The van der Waals surface area contributed by atoms with Gasteiger partial charge in [-0.2, -0.15) is 5.26 Å². The van der Waals surface area contributed by atoms with Crippen LogP contribution in [0, 0.1) is 11.3 Å². The second-order valence-corrected chi connectivity index (χ2v) is 6.31. The number of nitriles is 1. The van der Waals surface area contributed by atoms with Crippen LogP contribution in [-0.4, -0.2) is 0 Å². The monoisotopic (exact) mass is 340 g/mol. The van der Waals surface area contributed by atoms with Crippen LogP contribution in [0.15, 0.2) is 34.8 Å². The fourth-order valence-corrected chi connectivity index (χ4v) is 3.23. The summed E-state index contributed by atoms with van der Waals surface area (Å²) >= 11 is 10.9. The maximum absolute atomic E-state index is 8.59. The Morgan fingerprint density at radius 1 is 1.33 bits per heavy atom. The minimum absolute atomic E-state index is 0.452. The average molecular weight is 342 g/mol. The zero-order valence-electron chi connectivity index (χ0n) is 9.41. The van der Waals surface area contributed by atoms with Crippen molar-refractivity contribution in [3.8, 4) is 6.07 Å². The number of hydrogen-bond acceptors (Lipinski definition) is 3. The first-order valence-electron chi connectivity index (χ1n) is 5.32. The Morgan fingerprint density at radius 2 is 2.06 bits per heavy atom. The van der Waals surface area contributed by atoms with Gasteiger partial charge in [0.1, 0.15) is 4.34 Å². The molecule has 0 atom stereocenters. The first kappa shape index (κ1) is 13.4. The van der Waals surface area contributed by atoms with Crippen LogP contribution in [0.1, 0.15) is 10.4 Å². The fraction of sp³-hybridized carbons (Fsp3) is 0.154. The number of thiophene rings is 1. The summed E-state index contributed by atoms with van der Waals surface area (Å²) in [5, 5.41) is 11.9. The Kier molecular flexibility index (Phi) is 4.65. The molecule has 0 unspecified atom stereocenters. The molecular formula is C13H10BrClN2S. The molecule has 1 aromatic heterocycles. The number of anilines is 1. The van der Waals surface area contributed by atoms with Gasteiger partial charge >= 0.3 is 0 Å². The van der Waals surface area contributed by atoms with E-state index in [1.165, 1.54) is 4.88 Å². The Hall–Kier alpha value is -1.02. The largest absolute Gasteiger partial charge is 0.380 e. The van der Waals surface area contributed by atoms with Crippen molar-refractivity contribution < 1.29 is 0 Å². The zero-order valence-corrected chi connectivity index (χ0v) is 12.6. The standard InChI is InChI=1S/C13H10BrClN2S/c14-12-7-11(18-13(12)15)8-17-10-3-1-9(2-4-10)5-6-16/h1-4,7,17H,5,8H2. The average Bonchev–Trinajstić information content (AvgIpc) is 2.68. The molecule has 0 radical (unpaired) electrons. The van der Waals surface area contributed by atoms with E-state index in [1.54, 1.807) is 11.3 Å². The smallest absolute Gasteiger partial charge is 0.107 e. The quantitative estimate of drug-likeness (QED) is 0.863. The van der Waals surface area contributed by atoms with Gasteiger partial charge in [-0.15, -0.1) is 11.3 Å². The lowest BCUT2D eigenvalue weighted by molar-refractivity contribution is 1.18. The van der Waals surface area contributed by atoms with Gasteiger partial charge in [0.25, 0.3) is 0 Å². The van der Waals surface area contributed by atoms with E-state index in [9.17, 15) is 0 Å². The maximum atomic E-state index is 8.59. The molecule has 5 heteroatoms. The number of nitrogens with one attached hydrogen (secondary N) is 1. The molecule has 0 aliphatic rings. The van der Waals surface area contributed by atoms with Gasteiger partial charge in [0.2, 0.25) is 0 Å². The predicted octanol–water partition coefficient (Wildman–Crippen LogP) is 4.84. The van der Waals surface area contributed by atoms with Crippen LogP contribution in [0.3, 0.4) is 0 Å².